The van der Waals surface area contributed by atoms with Crippen molar-refractivity contribution in [3.63, 3.8) is 0 Å². The van der Waals surface area contributed by atoms with Crippen LogP contribution >= 0.6 is 0 Å². The van der Waals surface area contributed by atoms with Crippen LogP contribution in [0.5, 0.6) is 0 Å². The molecule has 4 fully saturated rings. The Kier molecular flexibility index (Phi) is 8.40. The molecule has 4 unspecified atom stereocenters. The highest BCUT2D eigenvalue weighted by Gasteiger charge is 2.48. The van der Waals surface area contributed by atoms with Crippen LogP contribution in [0.2, 0.25) is 0 Å². The number of hydrogen-bond acceptors (Lipinski definition) is 6. The number of allylic oxidation sites excluding steroid dienone is 2. The van der Waals surface area contributed by atoms with Crippen LogP contribution in [-0.4, -0.2) is 73.4 Å². The largest absolute Gasteiger partial charge is 0.391 e. The monoisotopic (exact) mass is 573 g/mol. The van der Waals surface area contributed by atoms with Gasteiger partial charge in [0.05, 0.1) is 11.2 Å². The van der Waals surface area contributed by atoms with Crippen molar-refractivity contribution >= 4 is 21.6 Å². The first-order chi connectivity index (χ1) is 18.5. The van der Waals surface area contributed by atoms with Crippen LogP contribution in [0.4, 0.5) is 13.2 Å². The van der Waals surface area contributed by atoms with Crippen molar-refractivity contribution < 1.29 is 31.2 Å². The van der Waals surface area contributed by atoms with E-state index in [4.69, 9.17) is 0 Å². The molecule has 39 heavy (non-hydrogen) atoms. The Morgan fingerprint density at radius 3 is 2.03 bits per heavy atom. The molecule has 0 aromatic rings. The highest BCUT2D eigenvalue weighted by molar-refractivity contribution is 7.90. The van der Waals surface area contributed by atoms with E-state index in [9.17, 15) is 31.2 Å². The van der Waals surface area contributed by atoms with Gasteiger partial charge in [-0.15, -0.1) is 0 Å². The molecule has 1 saturated heterocycles. The second kappa shape index (κ2) is 11.3. The van der Waals surface area contributed by atoms with Crippen molar-refractivity contribution in [2.24, 2.45) is 23.7 Å². The van der Waals surface area contributed by atoms with E-state index >= 15 is 0 Å². The topological polar surface area (TPSA) is 86.8 Å². The molecule has 0 aromatic heterocycles. The van der Waals surface area contributed by atoms with E-state index in [1.807, 2.05) is 4.90 Å². The first kappa shape index (κ1) is 28.9. The van der Waals surface area contributed by atoms with Crippen LogP contribution in [0, 0.1) is 23.7 Å². The molecular weight excluding hydrogens is 531 g/mol. The normalized spacial score (nSPS) is 35.6. The number of sulfonamides is 1. The van der Waals surface area contributed by atoms with Gasteiger partial charge >= 0.3 is 6.18 Å². The lowest BCUT2D eigenvalue weighted by Crippen LogP contribution is -2.55. The van der Waals surface area contributed by atoms with Gasteiger partial charge in [0.25, 0.3) is 0 Å². The maximum Gasteiger partial charge on any atom is 0.391 e. The lowest BCUT2D eigenvalue weighted by atomic mass is 9.70. The van der Waals surface area contributed by atoms with Crippen molar-refractivity contribution in [2.45, 2.75) is 101 Å². The fourth-order valence-electron chi connectivity index (χ4n) is 7.64. The number of rotatable bonds is 5. The van der Waals surface area contributed by atoms with E-state index in [2.05, 4.69) is 16.5 Å². The highest BCUT2D eigenvalue weighted by Crippen LogP contribution is 2.42. The van der Waals surface area contributed by atoms with Gasteiger partial charge < -0.3 is 4.90 Å². The van der Waals surface area contributed by atoms with Crippen LogP contribution in [0.15, 0.2) is 11.4 Å². The Morgan fingerprint density at radius 2 is 1.41 bits per heavy atom. The molecule has 0 bridgehead atoms. The molecule has 0 amide bonds. The molecule has 0 spiro atoms. The van der Waals surface area contributed by atoms with Gasteiger partial charge in [0.15, 0.2) is 11.6 Å². The summed E-state index contributed by atoms with van der Waals surface area (Å²) in [5.41, 5.74) is 0.123. The zero-order valence-corrected chi connectivity index (χ0v) is 23.7. The number of fused-ring (bicyclic) bond motifs is 1. The molecule has 3 saturated carbocycles. The SMILES string of the molecule is CC1CCC(S(=O)(=O)NC2=C(N3CCN(C4CCCC(C(F)(F)F)C4)CC3)C(=O)C3CCCCC3C2=O)CC1. The Hall–Kier alpha value is -1.62. The van der Waals surface area contributed by atoms with E-state index in [0.29, 0.717) is 64.2 Å². The zero-order chi connectivity index (χ0) is 27.9. The average molecular weight is 574 g/mol. The molecule has 4 atom stereocenters. The third kappa shape index (κ3) is 6.04. The summed E-state index contributed by atoms with van der Waals surface area (Å²) in [6.45, 7) is 3.83. The first-order valence-corrected chi connectivity index (χ1v) is 16.4. The number of hydrogen-bond donors (Lipinski definition) is 1. The van der Waals surface area contributed by atoms with Crippen LogP contribution in [-0.2, 0) is 19.6 Å². The van der Waals surface area contributed by atoms with Crippen molar-refractivity contribution in [1.82, 2.24) is 14.5 Å². The third-order valence-corrected chi connectivity index (χ3v) is 11.9. The second-order valence-corrected chi connectivity index (χ2v) is 14.5. The van der Waals surface area contributed by atoms with Gasteiger partial charge in [0, 0.05) is 44.1 Å². The molecule has 1 N–H and O–H groups in total. The fraction of sp³-hybridized carbons (Fsp3) is 0.857. The second-order valence-electron chi connectivity index (χ2n) is 12.6. The predicted molar refractivity (Wildman–Crippen MR) is 141 cm³/mol. The third-order valence-electron chi connectivity index (χ3n) is 10.1. The Labute approximate surface area is 230 Å². The van der Waals surface area contributed by atoms with Crippen LogP contribution in [0.3, 0.4) is 0 Å². The minimum absolute atomic E-state index is 0.0648. The summed E-state index contributed by atoms with van der Waals surface area (Å²) in [5, 5.41) is -0.584. The quantitative estimate of drug-likeness (QED) is 0.525. The molecule has 1 heterocycles. The standard InChI is InChI=1S/C28H42F3N3O4S/c1-18-9-11-21(12-10-18)39(37,38)32-24-25(27(36)23-8-3-2-7-22(23)26(24)35)34-15-13-33(14-16-34)20-6-4-5-19(17-20)28(29,30)31/h18-23,32H,2-17H2,1H3. The molecular formula is C28H42F3N3O4S. The van der Waals surface area contributed by atoms with Gasteiger partial charge in [-0.25, -0.2) is 8.42 Å². The number of piperazine rings is 1. The summed E-state index contributed by atoms with van der Waals surface area (Å²) in [4.78, 5) is 31.5. The van der Waals surface area contributed by atoms with E-state index < -0.39 is 39.2 Å². The van der Waals surface area contributed by atoms with E-state index in [-0.39, 0.29) is 41.8 Å². The fourth-order valence-corrected chi connectivity index (χ4v) is 9.18. The number of carbonyl (C=O) groups excluding carboxylic acids is 2. The molecule has 0 aromatic carbocycles. The number of carbonyl (C=O) groups is 2. The summed E-state index contributed by atoms with van der Waals surface area (Å²) < 4.78 is 69.7. The maximum absolute atomic E-state index is 13.8. The Balaban J connectivity index is 1.36. The number of halogens is 3. The Bertz CT molecular complexity index is 1080. The molecule has 4 aliphatic carbocycles. The van der Waals surface area contributed by atoms with E-state index in [0.717, 1.165) is 32.1 Å². The molecule has 220 valence electrons. The molecule has 5 rings (SSSR count). The summed E-state index contributed by atoms with van der Waals surface area (Å²) in [5.74, 6) is -2.14. The lowest BCUT2D eigenvalue weighted by molar-refractivity contribution is -0.187. The minimum atomic E-state index is -4.18. The molecule has 1 aliphatic heterocycles. The zero-order valence-electron chi connectivity index (χ0n) is 22.8. The lowest BCUT2D eigenvalue weighted by Gasteiger charge is -2.45. The molecule has 11 heteroatoms. The minimum Gasteiger partial charge on any atom is -0.364 e. The molecule has 5 aliphatic rings. The number of ketones is 2. The Morgan fingerprint density at radius 1 is 0.795 bits per heavy atom. The van der Waals surface area contributed by atoms with Crippen molar-refractivity contribution in [3.8, 4) is 0 Å². The molecule has 7 nitrogen and oxygen atoms in total. The predicted octanol–water partition coefficient (Wildman–Crippen LogP) is 4.39. The van der Waals surface area contributed by atoms with Gasteiger partial charge in [-0.05, 0) is 63.7 Å². The van der Waals surface area contributed by atoms with Crippen LogP contribution in [0.25, 0.3) is 0 Å². The van der Waals surface area contributed by atoms with Crippen molar-refractivity contribution in [1.29, 1.82) is 0 Å². The van der Waals surface area contributed by atoms with Gasteiger partial charge in [0.1, 0.15) is 11.4 Å². The van der Waals surface area contributed by atoms with Crippen molar-refractivity contribution in [3.05, 3.63) is 11.4 Å². The summed E-state index contributed by atoms with van der Waals surface area (Å²) >= 11 is 0. The molecule has 0 radical (unpaired) electrons. The van der Waals surface area contributed by atoms with Gasteiger partial charge in [-0.2, -0.15) is 13.2 Å². The van der Waals surface area contributed by atoms with E-state index in [1.165, 1.54) is 0 Å². The van der Waals surface area contributed by atoms with Gasteiger partial charge in [-0.1, -0.05) is 26.2 Å². The number of Topliss-reactive ketones (excluding diaryl/α,β-unsaturated/α-hetero) is 2. The first-order valence-electron chi connectivity index (χ1n) is 14.9. The summed E-state index contributed by atoms with van der Waals surface area (Å²) in [7, 11) is -3.84. The maximum atomic E-state index is 13.8. The van der Waals surface area contributed by atoms with Crippen LogP contribution in [0.1, 0.15) is 84.0 Å². The average Bonchev–Trinajstić information content (AvgIpc) is 2.92. The van der Waals surface area contributed by atoms with Crippen molar-refractivity contribution in [2.75, 3.05) is 26.2 Å². The van der Waals surface area contributed by atoms with Crippen LogP contribution < -0.4 is 4.72 Å². The highest BCUT2D eigenvalue weighted by atomic mass is 32.2. The summed E-state index contributed by atoms with van der Waals surface area (Å²) in [6.07, 6.45) is 2.97. The number of nitrogens with one attached hydrogen (secondary N) is 1. The van der Waals surface area contributed by atoms with Gasteiger partial charge in [-0.3, -0.25) is 19.2 Å². The smallest absolute Gasteiger partial charge is 0.364 e. The number of alkyl halides is 3. The van der Waals surface area contributed by atoms with E-state index in [1.54, 1.807) is 0 Å². The number of nitrogens with zero attached hydrogens (tertiary/aromatic N) is 2. The van der Waals surface area contributed by atoms with Gasteiger partial charge in [0.2, 0.25) is 10.0 Å². The summed E-state index contributed by atoms with van der Waals surface area (Å²) in [6, 6.07) is -0.153.